The summed E-state index contributed by atoms with van der Waals surface area (Å²) in [7, 11) is 0. The lowest BCUT2D eigenvalue weighted by Crippen LogP contribution is -2.29. The zero-order valence-electron chi connectivity index (χ0n) is 11.3. The molecule has 0 bridgehead atoms. The number of likely N-dealkylation sites (tertiary alicyclic amines) is 1. The molecule has 0 spiro atoms. The fourth-order valence-corrected chi connectivity index (χ4v) is 2.77. The molecule has 7 nitrogen and oxygen atoms in total. The molecule has 4 rings (SSSR count). The second kappa shape index (κ2) is 4.76. The number of fused-ring (bicyclic) bond motifs is 1. The van der Waals surface area contributed by atoms with Gasteiger partial charge in [-0.05, 0) is 24.6 Å². The van der Waals surface area contributed by atoms with Gasteiger partial charge in [0.25, 0.3) is 5.91 Å². The summed E-state index contributed by atoms with van der Waals surface area (Å²) in [5.41, 5.74) is 0.624. The second-order valence-corrected chi connectivity index (χ2v) is 5.14. The quantitative estimate of drug-likeness (QED) is 0.826. The van der Waals surface area contributed by atoms with E-state index in [9.17, 15) is 4.79 Å². The number of carbonyl (C=O) groups excluding carboxylic acids is 1. The third-order valence-electron chi connectivity index (χ3n) is 3.89. The van der Waals surface area contributed by atoms with E-state index < -0.39 is 0 Å². The van der Waals surface area contributed by atoms with Crippen LogP contribution in [0.15, 0.2) is 30.6 Å². The summed E-state index contributed by atoms with van der Waals surface area (Å²) in [6.07, 6.45) is 4.38. The maximum Gasteiger partial charge on any atom is 0.254 e. The average molecular weight is 286 g/mol. The average Bonchev–Trinajstić information content (AvgIpc) is 3.24. The smallest absolute Gasteiger partial charge is 0.254 e. The largest absolute Gasteiger partial charge is 0.454 e. The first-order valence-corrected chi connectivity index (χ1v) is 6.86. The first-order valence-electron chi connectivity index (χ1n) is 6.86. The Kier molecular flexibility index (Phi) is 2.77. The van der Waals surface area contributed by atoms with Crippen LogP contribution in [0.5, 0.6) is 11.5 Å². The van der Waals surface area contributed by atoms with E-state index in [1.807, 2.05) is 15.8 Å². The molecule has 0 saturated carbocycles. The molecule has 3 heterocycles. The number of rotatable bonds is 2. The number of hydrogen-bond donors (Lipinski definition) is 0. The molecule has 1 atom stereocenters. The van der Waals surface area contributed by atoms with Crippen LogP contribution in [0.1, 0.15) is 22.8 Å². The maximum atomic E-state index is 12.5. The van der Waals surface area contributed by atoms with Crippen molar-refractivity contribution in [2.75, 3.05) is 19.9 Å². The molecule has 1 aromatic heterocycles. The highest BCUT2D eigenvalue weighted by Gasteiger charge is 2.29. The van der Waals surface area contributed by atoms with Crippen molar-refractivity contribution < 1.29 is 14.3 Å². The van der Waals surface area contributed by atoms with Crippen LogP contribution in [0, 0.1) is 0 Å². The minimum atomic E-state index is 0.0101. The number of hydrogen-bond acceptors (Lipinski definition) is 5. The van der Waals surface area contributed by atoms with E-state index in [0.29, 0.717) is 23.6 Å². The van der Waals surface area contributed by atoms with Crippen LogP contribution in [0.25, 0.3) is 0 Å². The Balaban J connectivity index is 1.51. The standard InChI is InChI=1S/C14H14N4O3/c19-14(10-1-2-12-13(7-10)21-9-20-12)17-5-3-11(8-17)18-6-4-15-16-18/h1-2,4,6-7,11H,3,5,8-9H2/t11-/m1/s1. The Labute approximate surface area is 121 Å². The Bertz CT molecular complexity index is 671. The summed E-state index contributed by atoms with van der Waals surface area (Å²) in [5.74, 6) is 1.33. The Hall–Kier alpha value is -2.57. The van der Waals surface area contributed by atoms with Crippen molar-refractivity contribution in [2.45, 2.75) is 12.5 Å². The molecular weight excluding hydrogens is 272 g/mol. The molecular formula is C14H14N4O3. The highest BCUT2D eigenvalue weighted by molar-refractivity contribution is 5.95. The molecule has 0 unspecified atom stereocenters. The molecule has 2 aliphatic heterocycles. The van der Waals surface area contributed by atoms with Gasteiger partial charge >= 0.3 is 0 Å². The van der Waals surface area contributed by atoms with E-state index in [4.69, 9.17) is 9.47 Å². The lowest BCUT2D eigenvalue weighted by molar-refractivity contribution is 0.0786. The number of carbonyl (C=O) groups is 1. The number of amides is 1. The summed E-state index contributed by atoms with van der Waals surface area (Å²) in [6, 6.07) is 5.50. The molecule has 7 heteroatoms. The maximum absolute atomic E-state index is 12.5. The van der Waals surface area contributed by atoms with Crippen LogP contribution >= 0.6 is 0 Å². The van der Waals surface area contributed by atoms with Gasteiger partial charge in [0.2, 0.25) is 6.79 Å². The second-order valence-electron chi connectivity index (χ2n) is 5.14. The minimum Gasteiger partial charge on any atom is -0.454 e. The number of ether oxygens (including phenoxy) is 2. The predicted molar refractivity (Wildman–Crippen MR) is 72.1 cm³/mol. The Morgan fingerprint density at radius 3 is 3.05 bits per heavy atom. The molecule has 2 aromatic rings. The number of benzene rings is 1. The molecule has 108 valence electrons. The van der Waals surface area contributed by atoms with Crippen molar-refractivity contribution in [1.29, 1.82) is 0 Å². The summed E-state index contributed by atoms with van der Waals surface area (Å²) in [5, 5.41) is 7.82. The van der Waals surface area contributed by atoms with E-state index in [-0.39, 0.29) is 18.7 Å². The van der Waals surface area contributed by atoms with Gasteiger partial charge in [0.15, 0.2) is 11.5 Å². The van der Waals surface area contributed by atoms with Crippen molar-refractivity contribution in [3.8, 4) is 11.5 Å². The first kappa shape index (κ1) is 12.2. The van der Waals surface area contributed by atoms with Crippen molar-refractivity contribution in [2.24, 2.45) is 0 Å². The Morgan fingerprint density at radius 1 is 1.29 bits per heavy atom. The molecule has 21 heavy (non-hydrogen) atoms. The molecule has 0 radical (unpaired) electrons. The van der Waals surface area contributed by atoms with E-state index in [0.717, 1.165) is 13.0 Å². The Morgan fingerprint density at radius 2 is 2.19 bits per heavy atom. The van der Waals surface area contributed by atoms with Crippen LogP contribution in [-0.4, -0.2) is 45.7 Å². The van der Waals surface area contributed by atoms with Crippen LogP contribution < -0.4 is 9.47 Å². The number of aromatic nitrogens is 3. The van der Waals surface area contributed by atoms with Crippen molar-refractivity contribution >= 4 is 5.91 Å². The highest BCUT2D eigenvalue weighted by atomic mass is 16.7. The minimum absolute atomic E-state index is 0.0101. The topological polar surface area (TPSA) is 69.5 Å². The third-order valence-corrected chi connectivity index (χ3v) is 3.89. The third kappa shape index (κ3) is 2.10. The van der Waals surface area contributed by atoms with Crippen molar-refractivity contribution in [3.63, 3.8) is 0 Å². The molecule has 1 amide bonds. The summed E-state index contributed by atoms with van der Waals surface area (Å²) >= 11 is 0. The summed E-state index contributed by atoms with van der Waals surface area (Å²) in [4.78, 5) is 14.4. The fraction of sp³-hybridized carbons (Fsp3) is 0.357. The molecule has 0 N–H and O–H groups in total. The molecule has 2 aliphatic rings. The van der Waals surface area contributed by atoms with Gasteiger partial charge < -0.3 is 14.4 Å². The van der Waals surface area contributed by atoms with Crippen molar-refractivity contribution in [3.05, 3.63) is 36.2 Å². The van der Waals surface area contributed by atoms with Gasteiger partial charge in [0, 0.05) is 24.8 Å². The SMILES string of the molecule is O=C(c1ccc2c(c1)OCO2)N1CC[C@@H](n2ccnn2)C1. The van der Waals surface area contributed by atoms with Gasteiger partial charge in [0.1, 0.15) is 0 Å². The van der Waals surface area contributed by atoms with Gasteiger partial charge in [-0.1, -0.05) is 5.21 Å². The van der Waals surface area contributed by atoms with E-state index in [1.165, 1.54) is 0 Å². The van der Waals surface area contributed by atoms with Crippen LogP contribution in [0.4, 0.5) is 0 Å². The van der Waals surface area contributed by atoms with Crippen LogP contribution in [-0.2, 0) is 0 Å². The molecule has 1 aromatic carbocycles. The lowest BCUT2D eigenvalue weighted by atomic mass is 10.2. The van der Waals surface area contributed by atoms with E-state index in [1.54, 1.807) is 24.4 Å². The molecule has 0 aliphatic carbocycles. The van der Waals surface area contributed by atoms with Gasteiger partial charge in [0.05, 0.1) is 12.2 Å². The van der Waals surface area contributed by atoms with Crippen molar-refractivity contribution in [1.82, 2.24) is 19.9 Å². The monoisotopic (exact) mass is 286 g/mol. The number of nitrogens with zero attached hydrogens (tertiary/aromatic N) is 4. The summed E-state index contributed by atoms with van der Waals surface area (Å²) in [6.45, 7) is 1.58. The van der Waals surface area contributed by atoms with Gasteiger partial charge in [-0.2, -0.15) is 0 Å². The van der Waals surface area contributed by atoms with Gasteiger partial charge in [-0.15, -0.1) is 5.10 Å². The van der Waals surface area contributed by atoms with Crippen LogP contribution in [0.3, 0.4) is 0 Å². The fourth-order valence-electron chi connectivity index (χ4n) is 2.77. The summed E-state index contributed by atoms with van der Waals surface area (Å²) < 4.78 is 12.4. The highest BCUT2D eigenvalue weighted by Crippen LogP contribution is 2.33. The predicted octanol–water partition coefficient (Wildman–Crippen LogP) is 1.09. The van der Waals surface area contributed by atoms with Gasteiger partial charge in [-0.3, -0.25) is 4.79 Å². The zero-order chi connectivity index (χ0) is 14.2. The van der Waals surface area contributed by atoms with E-state index in [2.05, 4.69) is 10.3 Å². The molecule has 1 saturated heterocycles. The zero-order valence-corrected chi connectivity index (χ0v) is 11.3. The normalized spacial score (nSPS) is 20.0. The van der Waals surface area contributed by atoms with Crippen LogP contribution in [0.2, 0.25) is 0 Å². The van der Waals surface area contributed by atoms with Gasteiger partial charge in [-0.25, -0.2) is 4.68 Å². The lowest BCUT2D eigenvalue weighted by Gasteiger charge is -2.16. The first-order chi connectivity index (χ1) is 10.3. The van der Waals surface area contributed by atoms with E-state index >= 15 is 0 Å². The molecule has 1 fully saturated rings.